The summed E-state index contributed by atoms with van der Waals surface area (Å²) in [5.41, 5.74) is 7.12. The van der Waals surface area contributed by atoms with Crippen LogP contribution in [-0.4, -0.2) is 10.6 Å². The molecule has 1 aromatic carbocycles. The Balaban J connectivity index is 2.41. The number of hydrogen-bond acceptors (Lipinski definition) is 3. The average Bonchev–Trinajstić information content (AvgIpc) is 2.16. The van der Waals surface area contributed by atoms with Crippen LogP contribution < -0.4 is 10.5 Å². The Bertz CT molecular complexity index is 515. The van der Waals surface area contributed by atoms with Crippen LogP contribution in [0.3, 0.4) is 0 Å². The summed E-state index contributed by atoms with van der Waals surface area (Å²) < 4.78 is 5.70. The summed E-state index contributed by atoms with van der Waals surface area (Å²) >= 11 is 0. The molecule has 0 fully saturated rings. The molecule has 3 nitrogen and oxygen atoms in total. The van der Waals surface area contributed by atoms with Gasteiger partial charge in [0.15, 0.2) is 0 Å². The highest BCUT2D eigenvalue weighted by Gasteiger charge is 2.12. The van der Waals surface area contributed by atoms with E-state index in [9.17, 15) is 0 Å². The molecule has 2 N–H and O–H groups in total. The molecule has 0 atom stereocenters. The molecule has 0 amide bonds. The Hall–Kier alpha value is -1.77. The van der Waals surface area contributed by atoms with E-state index in [1.54, 1.807) is 0 Å². The van der Waals surface area contributed by atoms with Gasteiger partial charge in [0.05, 0.1) is 5.52 Å². The molecule has 0 spiro atoms. The van der Waals surface area contributed by atoms with Crippen LogP contribution in [0.15, 0.2) is 30.3 Å². The van der Waals surface area contributed by atoms with Gasteiger partial charge in [-0.1, -0.05) is 0 Å². The van der Waals surface area contributed by atoms with Crippen molar-refractivity contribution in [3.8, 4) is 5.88 Å². The van der Waals surface area contributed by atoms with Gasteiger partial charge in [-0.25, -0.2) is 4.98 Å². The van der Waals surface area contributed by atoms with Gasteiger partial charge in [0.1, 0.15) is 5.60 Å². The lowest BCUT2D eigenvalue weighted by Crippen LogP contribution is -2.23. The SMILES string of the molecule is CC(C)(C)Oc1ccc2cc(N)ccc2n1. The molecule has 1 aromatic heterocycles. The molecule has 0 aliphatic rings. The number of pyridine rings is 1. The molecule has 2 aromatic rings. The number of anilines is 1. The number of rotatable bonds is 1. The van der Waals surface area contributed by atoms with Crippen molar-refractivity contribution >= 4 is 16.6 Å². The fourth-order valence-corrected chi connectivity index (χ4v) is 1.50. The molecule has 0 saturated heterocycles. The summed E-state index contributed by atoms with van der Waals surface area (Å²) in [6.45, 7) is 6.01. The topological polar surface area (TPSA) is 48.1 Å². The molecule has 0 saturated carbocycles. The molecule has 16 heavy (non-hydrogen) atoms. The second-order valence-electron chi connectivity index (χ2n) is 4.82. The third kappa shape index (κ3) is 2.42. The normalized spacial score (nSPS) is 11.7. The number of nitrogens with two attached hydrogens (primary N) is 1. The molecule has 2 rings (SSSR count). The fourth-order valence-electron chi connectivity index (χ4n) is 1.50. The molecule has 84 valence electrons. The number of aromatic nitrogens is 1. The summed E-state index contributed by atoms with van der Waals surface area (Å²) in [5.74, 6) is 0.643. The highest BCUT2D eigenvalue weighted by Crippen LogP contribution is 2.21. The van der Waals surface area contributed by atoms with Crippen LogP contribution in [0, 0.1) is 0 Å². The second kappa shape index (κ2) is 3.67. The Morgan fingerprint density at radius 1 is 1.12 bits per heavy atom. The zero-order valence-electron chi connectivity index (χ0n) is 9.82. The molecule has 0 unspecified atom stereocenters. The van der Waals surface area contributed by atoms with E-state index >= 15 is 0 Å². The van der Waals surface area contributed by atoms with Gasteiger partial charge in [0.25, 0.3) is 0 Å². The standard InChI is InChI=1S/C13H16N2O/c1-13(2,3)16-12-7-4-9-8-10(14)5-6-11(9)15-12/h4-8H,14H2,1-3H3. The fraction of sp³-hybridized carbons (Fsp3) is 0.308. The molecule has 0 bridgehead atoms. The number of nitrogens with zero attached hydrogens (tertiary/aromatic N) is 1. The maximum Gasteiger partial charge on any atom is 0.214 e. The molecule has 1 heterocycles. The lowest BCUT2D eigenvalue weighted by atomic mass is 10.2. The van der Waals surface area contributed by atoms with Crippen molar-refractivity contribution < 1.29 is 4.74 Å². The first-order chi connectivity index (χ1) is 7.44. The van der Waals surface area contributed by atoms with E-state index in [4.69, 9.17) is 10.5 Å². The molecule has 3 heteroatoms. The van der Waals surface area contributed by atoms with Gasteiger partial charge in [-0.05, 0) is 45.0 Å². The third-order valence-corrected chi connectivity index (χ3v) is 2.10. The van der Waals surface area contributed by atoms with E-state index < -0.39 is 0 Å². The predicted molar refractivity (Wildman–Crippen MR) is 66.5 cm³/mol. The molecular weight excluding hydrogens is 200 g/mol. The number of benzene rings is 1. The zero-order chi connectivity index (χ0) is 11.8. The van der Waals surface area contributed by atoms with Crippen molar-refractivity contribution in [2.24, 2.45) is 0 Å². The summed E-state index contributed by atoms with van der Waals surface area (Å²) in [4.78, 5) is 4.42. The lowest BCUT2D eigenvalue weighted by molar-refractivity contribution is 0.124. The van der Waals surface area contributed by atoms with Crippen LogP contribution in [0.25, 0.3) is 10.9 Å². The third-order valence-electron chi connectivity index (χ3n) is 2.10. The first kappa shape index (κ1) is 10.7. The summed E-state index contributed by atoms with van der Waals surface area (Å²) in [6.07, 6.45) is 0. The smallest absolute Gasteiger partial charge is 0.214 e. The zero-order valence-corrected chi connectivity index (χ0v) is 9.82. The Morgan fingerprint density at radius 3 is 2.56 bits per heavy atom. The van der Waals surface area contributed by atoms with Crippen LogP contribution in [-0.2, 0) is 0 Å². The van der Waals surface area contributed by atoms with E-state index in [-0.39, 0.29) is 5.60 Å². The molecule has 0 aliphatic carbocycles. The maximum atomic E-state index is 5.70. The largest absolute Gasteiger partial charge is 0.472 e. The Kier molecular flexibility index (Phi) is 2.46. The van der Waals surface area contributed by atoms with E-state index in [0.29, 0.717) is 5.88 Å². The first-order valence-corrected chi connectivity index (χ1v) is 5.29. The van der Waals surface area contributed by atoms with Crippen molar-refractivity contribution in [1.29, 1.82) is 0 Å². The van der Waals surface area contributed by atoms with Crippen LogP contribution in [0.5, 0.6) is 5.88 Å². The minimum Gasteiger partial charge on any atom is -0.472 e. The Morgan fingerprint density at radius 2 is 1.88 bits per heavy atom. The van der Waals surface area contributed by atoms with Crippen LogP contribution >= 0.6 is 0 Å². The van der Waals surface area contributed by atoms with E-state index in [2.05, 4.69) is 4.98 Å². The van der Waals surface area contributed by atoms with Crippen LogP contribution in [0.1, 0.15) is 20.8 Å². The first-order valence-electron chi connectivity index (χ1n) is 5.29. The van der Waals surface area contributed by atoms with Gasteiger partial charge in [0.2, 0.25) is 5.88 Å². The summed E-state index contributed by atoms with van der Waals surface area (Å²) in [5, 5.41) is 1.03. The van der Waals surface area contributed by atoms with Crippen molar-refractivity contribution in [2.45, 2.75) is 26.4 Å². The van der Waals surface area contributed by atoms with Crippen LogP contribution in [0.4, 0.5) is 5.69 Å². The minimum atomic E-state index is -0.228. The summed E-state index contributed by atoms with van der Waals surface area (Å²) in [6, 6.07) is 9.49. The minimum absolute atomic E-state index is 0.228. The van der Waals surface area contributed by atoms with E-state index in [1.165, 1.54) is 0 Å². The molecule has 0 aliphatic heterocycles. The van der Waals surface area contributed by atoms with E-state index in [0.717, 1.165) is 16.6 Å². The molecular formula is C13H16N2O. The average molecular weight is 216 g/mol. The van der Waals surface area contributed by atoms with Gasteiger partial charge in [-0.2, -0.15) is 0 Å². The highest BCUT2D eigenvalue weighted by molar-refractivity contribution is 5.82. The maximum absolute atomic E-state index is 5.70. The number of nitrogen functional groups attached to an aromatic ring is 1. The highest BCUT2D eigenvalue weighted by atomic mass is 16.5. The van der Waals surface area contributed by atoms with Gasteiger partial charge in [0, 0.05) is 17.1 Å². The monoisotopic (exact) mass is 216 g/mol. The van der Waals surface area contributed by atoms with Crippen molar-refractivity contribution in [3.63, 3.8) is 0 Å². The molecule has 0 radical (unpaired) electrons. The van der Waals surface area contributed by atoms with Crippen molar-refractivity contribution in [3.05, 3.63) is 30.3 Å². The number of ether oxygens (including phenoxy) is 1. The number of hydrogen-bond donors (Lipinski definition) is 1. The quantitative estimate of drug-likeness (QED) is 0.745. The van der Waals surface area contributed by atoms with Gasteiger partial charge >= 0.3 is 0 Å². The number of fused-ring (bicyclic) bond motifs is 1. The van der Waals surface area contributed by atoms with Gasteiger partial charge in [-0.3, -0.25) is 0 Å². The predicted octanol–water partition coefficient (Wildman–Crippen LogP) is 2.99. The van der Waals surface area contributed by atoms with Gasteiger partial charge < -0.3 is 10.5 Å². The van der Waals surface area contributed by atoms with E-state index in [1.807, 2.05) is 51.1 Å². The van der Waals surface area contributed by atoms with Crippen molar-refractivity contribution in [2.75, 3.05) is 5.73 Å². The van der Waals surface area contributed by atoms with Gasteiger partial charge in [-0.15, -0.1) is 0 Å². The van der Waals surface area contributed by atoms with Crippen molar-refractivity contribution in [1.82, 2.24) is 4.98 Å². The Labute approximate surface area is 95.2 Å². The lowest BCUT2D eigenvalue weighted by Gasteiger charge is -2.20. The second-order valence-corrected chi connectivity index (χ2v) is 4.82. The van der Waals surface area contributed by atoms with Crippen LogP contribution in [0.2, 0.25) is 0 Å². The summed E-state index contributed by atoms with van der Waals surface area (Å²) in [7, 11) is 0.